The molecule has 9 heteroatoms. The van der Waals surface area contributed by atoms with Crippen LogP contribution in [0.15, 0.2) is 41.4 Å². The maximum Gasteiger partial charge on any atom is 0.254 e. The van der Waals surface area contributed by atoms with E-state index in [1.165, 1.54) is 13.5 Å². The van der Waals surface area contributed by atoms with Crippen molar-refractivity contribution in [1.82, 2.24) is 15.0 Å². The van der Waals surface area contributed by atoms with Crippen LogP contribution in [-0.2, 0) is 16.6 Å². The van der Waals surface area contributed by atoms with Gasteiger partial charge >= 0.3 is 0 Å². The highest BCUT2D eigenvalue weighted by atomic mass is 32.2. The van der Waals surface area contributed by atoms with Crippen molar-refractivity contribution in [2.75, 3.05) is 25.0 Å². The molecule has 1 amide bonds. The van der Waals surface area contributed by atoms with Gasteiger partial charge < -0.3 is 10.2 Å². The SMILES string of the molecule is CNS(=O)(=O)c1ccc(F)c(C(=O)NCc2cccnc2N2CCCCC2)c1. The van der Waals surface area contributed by atoms with Gasteiger partial charge in [0.05, 0.1) is 10.5 Å². The Morgan fingerprint density at radius 3 is 2.68 bits per heavy atom. The van der Waals surface area contributed by atoms with Crippen LogP contribution in [0.4, 0.5) is 10.2 Å². The molecule has 0 spiro atoms. The Kier molecular flexibility index (Phi) is 6.25. The molecule has 1 aromatic carbocycles. The maximum atomic E-state index is 14.1. The molecule has 3 rings (SSSR count). The number of pyridine rings is 1. The van der Waals surface area contributed by atoms with Crippen LogP contribution in [-0.4, -0.2) is 39.4 Å². The van der Waals surface area contributed by atoms with Gasteiger partial charge in [0.1, 0.15) is 11.6 Å². The molecular weight excluding hydrogens is 383 g/mol. The van der Waals surface area contributed by atoms with E-state index in [-0.39, 0.29) is 17.0 Å². The average Bonchev–Trinajstić information content (AvgIpc) is 2.73. The molecule has 0 radical (unpaired) electrons. The predicted molar refractivity (Wildman–Crippen MR) is 104 cm³/mol. The first-order valence-electron chi connectivity index (χ1n) is 9.12. The first-order chi connectivity index (χ1) is 13.4. The van der Waals surface area contributed by atoms with Gasteiger partial charge in [-0.3, -0.25) is 4.79 Å². The quantitative estimate of drug-likeness (QED) is 0.766. The highest BCUT2D eigenvalue weighted by molar-refractivity contribution is 7.89. The standard InChI is InChI=1S/C19H23FN4O3S/c1-21-28(26,27)15-7-8-17(20)16(12-15)19(25)23-13-14-6-5-9-22-18(14)24-10-3-2-4-11-24/h5-9,12,21H,2-4,10-11,13H2,1H3,(H,23,25). The zero-order valence-electron chi connectivity index (χ0n) is 15.6. The molecule has 0 aliphatic carbocycles. The molecule has 1 aliphatic heterocycles. The van der Waals surface area contributed by atoms with Crippen molar-refractivity contribution in [2.24, 2.45) is 0 Å². The fourth-order valence-electron chi connectivity index (χ4n) is 3.19. The summed E-state index contributed by atoms with van der Waals surface area (Å²) < 4.78 is 40.1. The van der Waals surface area contributed by atoms with Crippen molar-refractivity contribution in [1.29, 1.82) is 0 Å². The molecule has 1 aromatic heterocycles. The van der Waals surface area contributed by atoms with E-state index < -0.39 is 21.7 Å². The second kappa shape index (κ2) is 8.66. The molecule has 1 fully saturated rings. The summed E-state index contributed by atoms with van der Waals surface area (Å²) in [4.78, 5) is 19.0. The Hall–Kier alpha value is -2.52. The fraction of sp³-hybridized carbons (Fsp3) is 0.368. The van der Waals surface area contributed by atoms with Crippen molar-refractivity contribution < 1.29 is 17.6 Å². The number of benzene rings is 1. The molecule has 0 bridgehead atoms. The summed E-state index contributed by atoms with van der Waals surface area (Å²) in [6, 6.07) is 6.78. The van der Waals surface area contributed by atoms with Gasteiger partial charge in [-0.15, -0.1) is 0 Å². The van der Waals surface area contributed by atoms with Crippen LogP contribution in [0.2, 0.25) is 0 Å². The number of hydrogen-bond donors (Lipinski definition) is 2. The van der Waals surface area contributed by atoms with E-state index in [0.717, 1.165) is 55.5 Å². The second-order valence-corrected chi connectivity index (χ2v) is 8.45. The van der Waals surface area contributed by atoms with Gasteiger partial charge in [-0.2, -0.15) is 0 Å². The summed E-state index contributed by atoms with van der Waals surface area (Å²) in [6.07, 6.45) is 5.10. The number of piperidine rings is 1. The van der Waals surface area contributed by atoms with Crippen molar-refractivity contribution in [2.45, 2.75) is 30.7 Å². The fourth-order valence-corrected chi connectivity index (χ4v) is 3.95. The molecule has 2 heterocycles. The number of halogens is 1. The highest BCUT2D eigenvalue weighted by Gasteiger charge is 2.20. The summed E-state index contributed by atoms with van der Waals surface area (Å²) >= 11 is 0. The zero-order chi connectivity index (χ0) is 20.1. The van der Waals surface area contributed by atoms with Crippen LogP contribution in [0.5, 0.6) is 0 Å². The third-order valence-corrected chi connectivity index (χ3v) is 6.14. The summed E-state index contributed by atoms with van der Waals surface area (Å²) in [6.45, 7) is 1.99. The van der Waals surface area contributed by atoms with Crippen LogP contribution in [0, 0.1) is 5.82 Å². The molecule has 2 aromatic rings. The number of hydrogen-bond acceptors (Lipinski definition) is 5. The third kappa shape index (κ3) is 4.48. The lowest BCUT2D eigenvalue weighted by Crippen LogP contribution is -2.32. The van der Waals surface area contributed by atoms with E-state index in [9.17, 15) is 17.6 Å². The first-order valence-corrected chi connectivity index (χ1v) is 10.6. The highest BCUT2D eigenvalue weighted by Crippen LogP contribution is 2.22. The normalized spacial score (nSPS) is 14.7. The van der Waals surface area contributed by atoms with E-state index in [0.29, 0.717) is 0 Å². The van der Waals surface area contributed by atoms with Gasteiger partial charge in [0.2, 0.25) is 10.0 Å². The minimum Gasteiger partial charge on any atom is -0.356 e. The average molecular weight is 406 g/mol. The maximum absolute atomic E-state index is 14.1. The zero-order valence-corrected chi connectivity index (χ0v) is 16.4. The number of nitrogens with zero attached hydrogens (tertiary/aromatic N) is 2. The van der Waals surface area contributed by atoms with Crippen molar-refractivity contribution >= 4 is 21.7 Å². The van der Waals surface area contributed by atoms with Crippen molar-refractivity contribution in [3.05, 3.63) is 53.5 Å². The van der Waals surface area contributed by atoms with Crippen LogP contribution >= 0.6 is 0 Å². The lowest BCUT2D eigenvalue weighted by Gasteiger charge is -2.29. The molecule has 2 N–H and O–H groups in total. The van der Waals surface area contributed by atoms with Crippen LogP contribution in [0.3, 0.4) is 0 Å². The van der Waals surface area contributed by atoms with E-state index in [2.05, 4.69) is 19.9 Å². The van der Waals surface area contributed by atoms with E-state index in [1.807, 2.05) is 6.07 Å². The molecule has 0 atom stereocenters. The van der Waals surface area contributed by atoms with E-state index in [4.69, 9.17) is 0 Å². The Labute approximate surface area is 164 Å². The molecule has 1 saturated heterocycles. The molecule has 7 nitrogen and oxygen atoms in total. The second-order valence-electron chi connectivity index (χ2n) is 6.57. The van der Waals surface area contributed by atoms with Crippen LogP contribution < -0.4 is 14.9 Å². The lowest BCUT2D eigenvalue weighted by molar-refractivity contribution is 0.0946. The van der Waals surface area contributed by atoms with Crippen molar-refractivity contribution in [3.8, 4) is 0 Å². The monoisotopic (exact) mass is 406 g/mol. The summed E-state index contributed by atoms with van der Waals surface area (Å²) in [5.74, 6) is -0.649. The molecule has 1 aliphatic rings. The molecular formula is C19H23FN4O3S. The van der Waals surface area contributed by atoms with Gasteiger partial charge in [0, 0.05) is 31.4 Å². The summed E-state index contributed by atoms with van der Waals surface area (Å²) in [7, 11) is -2.52. The van der Waals surface area contributed by atoms with Crippen LogP contribution in [0.1, 0.15) is 35.2 Å². The minimum absolute atomic E-state index is 0.168. The first kappa shape index (κ1) is 20.2. The Morgan fingerprint density at radius 1 is 1.21 bits per heavy atom. The predicted octanol–water partition coefficient (Wildman–Crippen LogP) is 2.05. The smallest absolute Gasteiger partial charge is 0.254 e. The number of amides is 1. The number of sulfonamides is 1. The minimum atomic E-state index is -3.77. The molecule has 28 heavy (non-hydrogen) atoms. The van der Waals surface area contributed by atoms with E-state index >= 15 is 0 Å². The van der Waals surface area contributed by atoms with Crippen molar-refractivity contribution in [3.63, 3.8) is 0 Å². The Bertz CT molecular complexity index is 959. The number of carbonyl (C=O) groups excluding carboxylic acids is 1. The largest absolute Gasteiger partial charge is 0.356 e. The van der Waals surface area contributed by atoms with E-state index in [1.54, 1.807) is 12.3 Å². The molecule has 0 saturated carbocycles. The van der Waals surface area contributed by atoms with Gasteiger partial charge in [-0.25, -0.2) is 22.5 Å². The number of aromatic nitrogens is 1. The lowest BCUT2D eigenvalue weighted by atomic mass is 10.1. The Balaban J connectivity index is 1.77. The van der Waals surface area contributed by atoms with Gasteiger partial charge in [-0.1, -0.05) is 6.07 Å². The topological polar surface area (TPSA) is 91.4 Å². The number of anilines is 1. The van der Waals surface area contributed by atoms with Gasteiger partial charge in [0.25, 0.3) is 5.91 Å². The van der Waals surface area contributed by atoms with Gasteiger partial charge in [0.15, 0.2) is 0 Å². The van der Waals surface area contributed by atoms with Crippen LogP contribution in [0.25, 0.3) is 0 Å². The van der Waals surface area contributed by atoms with Gasteiger partial charge in [-0.05, 0) is 50.6 Å². The number of nitrogens with one attached hydrogen (secondary N) is 2. The third-order valence-electron chi connectivity index (χ3n) is 4.72. The number of carbonyl (C=O) groups is 1. The molecule has 150 valence electrons. The number of rotatable bonds is 6. The summed E-state index contributed by atoms with van der Waals surface area (Å²) in [5, 5.41) is 2.67. The molecule has 0 unspecified atom stereocenters. The Morgan fingerprint density at radius 2 is 1.96 bits per heavy atom. The summed E-state index contributed by atoms with van der Waals surface area (Å²) in [5.41, 5.74) is 0.511.